The summed E-state index contributed by atoms with van der Waals surface area (Å²) in [5.74, 6) is 0. The van der Waals surface area contributed by atoms with Crippen LogP contribution in [0.1, 0.15) is 78.2 Å². The molecule has 8 bridgehead atoms. The molecule has 0 saturated carbocycles. The van der Waals surface area contributed by atoms with Gasteiger partial charge in [-0.1, -0.05) is 97.1 Å². The maximum Gasteiger partial charge on any atom is 0.369 e. The molecule has 5 heterocycles. The molecule has 7 aromatic rings. The summed E-state index contributed by atoms with van der Waals surface area (Å²) in [5.41, 5.74) is 14.6. The maximum atomic E-state index is 6.36. The summed E-state index contributed by atoms with van der Waals surface area (Å²) in [6.07, 6.45) is 8.54. The van der Waals surface area contributed by atoms with Gasteiger partial charge in [-0.15, -0.1) is 0 Å². The van der Waals surface area contributed by atoms with E-state index in [-0.39, 0.29) is 0 Å². The largest absolute Gasteiger partial charge is 0.391 e. The van der Waals surface area contributed by atoms with Gasteiger partial charge in [0.05, 0.1) is 22.8 Å². The van der Waals surface area contributed by atoms with Crippen molar-refractivity contribution in [3.8, 4) is 44.5 Å². The zero-order valence-electron chi connectivity index (χ0n) is 48.7. The molecular formula is C64H78N4O8Si4. The predicted molar refractivity (Wildman–Crippen MR) is 339 cm³/mol. The highest BCUT2D eigenvalue weighted by atomic mass is 28.4. The van der Waals surface area contributed by atoms with Crippen LogP contribution in [0.3, 0.4) is 0 Å². The van der Waals surface area contributed by atoms with E-state index in [0.717, 1.165) is 110 Å². The Morgan fingerprint density at radius 3 is 0.613 bits per heavy atom. The van der Waals surface area contributed by atoms with Crippen molar-refractivity contribution in [1.82, 2.24) is 19.9 Å². The van der Waals surface area contributed by atoms with Crippen LogP contribution < -0.4 is 20.7 Å². The normalized spacial score (nSPS) is 12.9. The number of rotatable bonds is 24. The van der Waals surface area contributed by atoms with Crippen LogP contribution in [0.5, 0.6) is 0 Å². The van der Waals surface area contributed by atoms with Crippen molar-refractivity contribution >= 4 is 101 Å². The number of fused-ring (bicyclic) bond motifs is 8. The average molecular weight is 1140 g/mol. The smallest absolute Gasteiger partial charge is 0.369 e. The molecule has 0 radical (unpaired) electrons. The summed E-state index contributed by atoms with van der Waals surface area (Å²) >= 11 is 0. The SMILES string of the molecule is CCO[Si](C)(OCC)c1ccc(-c2c3nc(c(-c4ccc([Si](C)(OCC)OCC)cc4)c4ccc([nH]4)c(-c4ccc([Si](C)(OCC)OCC)cc4)c4nc(c(-c5ccc([Si](C)(OCC)OCC)cc5)c5ccc2[nH]5)C=C4)C=C3)cc1. The Balaban J connectivity index is 1.37. The summed E-state index contributed by atoms with van der Waals surface area (Å²) in [7, 11) is -10.7. The molecule has 2 aliphatic rings. The minimum atomic E-state index is -2.68. The van der Waals surface area contributed by atoms with Gasteiger partial charge < -0.3 is 45.4 Å². The lowest BCUT2D eigenvalue weighted by molar-refractivity contribution is 0.201. The van der Waals surface area contributed by atoms with E-state index in [2.05, 4.69) is 182 Å². The highest BCUT2D eigenvalue weighted by Crippen LogP contribution is 2.39. The quantitative estimate of drug-likeness (QED) is 0.0564. The minimum Gasteiger partial charge on any atom is -0.391 e. The molecule has 0 spiro atoms. The maximum absolute atomic E-state index is 6.36. The van der Waals surface area contributed by atoms with E-state index in [9.17, 15) is 0 Å². The molecule has 418 valence electrons. The van der Waals surface area contributed by atoms with Gasteiger partial charge in [0.1, 0.15) is 0 Å². The lowest BCUT2D eigenvalue weighted by Gasteiger charge is -2.26. The molecule has 2 N–H and O–H groups in total. The summed E-state index contributed by atoms with van der Waals surface area (Å²) in [4.78, 5) is 19.1. The van der Waals surface area contributed by atoms with Gasteiger partial charge in [-0.2, -0.15) is 0 Å². The standard InChI is InChI=1S/C64H78N4O8Si4/c1-13-69-77(9,70-14-2)49-29-21-45(22-30-49)61-53-37-39-55(65-53)62(46-23-31-50(32-24-46)78(10,71-15-3)72-16-4)57-41-43-59(67-57)64(48-27-35-52(36-28-48)80(12,75-19-7)76-20-8)60-44-42-58(68-60)63(56-40-38-54(61)66-56)47-25-33-51(34-26-47)79(11,73-17-5)74-18-6/h21-44,65,68H,13-20H2,1-12H3. The molecule has 80 heavy (non-hydrogen) atoms. The fourth-order valence-corrected chi connectivity index (χ4v) is 20.4. The molecule has 4 aromatic carbocycles. The number of hydrogen-bond donors (Lipinski definition) is 2. The number of aromatic nitrogens is 4. The van der Waals surface area contributed by atoms with Crippen LogP contribution in [0.4, 0.5) is 0 Å². The number of nitrogens with one attached hydrogen (secondary N) is 2. The lowest BCUT2D eigenvalue weighted by atomic mass is 10.0. The lowest BCUT2D eigenvalue weighted by Crippen LogP contribution is -2.51. The first kappa shape index (κ1) is 58.7. The molecule has 16 heteroatoms. The molecule has 0 saturated heterocycles. The van der Waals surface area contributed by atoms with Crippen LogP contribution in [0.15, 0.2) is 121 Å². The molecule has 0 fully saturated rings. The third kappa shape index (κ3) is 12.0. The summed E-state index contributed by atoms with van der Waals surface area (Å²) in [5, 5.41) is 4.24. The zero-order valence-corrected chi connectivity index (χ0v) is 52.7. The second-order valence-electron chi connectivity index (χ2n) is 20.1. The van der Waals surface area contributed by atoms with Crippen molar-refractivity contribution in [2.45, 2.75) is 81.6 Å². The van der Waals surface area contributed by atoms with Gasteiger partial charge in [0.15, 0.2) is 0 Å². The fraction of sp³-hybridized carbons (Fsp3) is 0.312. The Labute approximate surface area is 477 Å². The molecular weight excluding hydrogens is 1070 g/mol. The third-order valence-electron chi connectivity index (χ3n) is 14.9. The van der Waals surface area contributed by atoms with E-state index in [1.807, 2.05) is 55.4 Å². The van der Waals surface area contributed by atoms with E-state index in [4.69, 9.17) is 45.4 Å². The van der Waals surface area contributed by atoms with Crippen molar-refractivity contribution in [2.24, 2.45) is 0 Å². The van der Waals surface area contributed by atoms with Crippen molar-refractivity contribution in [3.63, 3.8) is 0 Å². The molecule has 2 aliphatic heterocycles. The Kier molecular flexibility index (Phi) is 18.7. The monoisotopic (exact) mass is 1140 g/mol. The van der Waals surface area contributed by atoms with Gasteiger partial charge in [-0.3, -0.25) is 0 Å². The number of hydrogen-bond acceptors (Lipinski definition) is 10. The molecule has 0 atom stereocenters. The second-order valence-corrected chi connectivity index (χ2v) is 32.2. The van der Waals surface area contributed by atoms with Gasteiger partial charge in [0, 0.05) is 97.2 Å². The Bertz CT molecular complexity index is 3030. The predicted octanol–water partition coefficient (Wildman–Crippen LogP) is 12.7. The van der Waals surface area contributed by atoms with E-state index >= 15 is 0 Å². The van der Waals surface area contributed by atoms with Crippen LogP contribution in [0, 0.1) is 0 Å². The van der Waals surface area contributed by atoms with Gasteiger partial charge in [0.2, 0.25) is 0 Å². The summed E-state index contributed by atoms with van der Waals surface area (Å²) in [6, 6.07) is 43.3. The highest BCUT2D eigenvalue weighted by molar-refractivity contribution is 6.81. The van der Waals surface area contributed by atoms with Crippen LogP contribution in [0.25, 0.3) is 90.9 Å². The fourth-order valence-electron chi connectivity index (χ4n) is 11.2. The molecule has 0 aliphatic carbocycles. The third-order valence-corrected chi connectivity index (χ3v) is 27.1. The van der Waals surface area contributed by atoms with Crippen LogP contribution in [-0.4, -0.2) is 107 Å². The van der Waals surface area contributed by atoms with E-state index in [1.54, 1.807) is 0 Å². The highest BCUT2D eigenvalue weighted by Gasteiger charge is 2.37. The topological polar surface area (TPSA) is 131 Å². The first-order chi connectivity index (χ1) is 38.7. The van der Waals surface area contributed by atoms with Crippen molar-refractivity contribution in [2.75, 3.05) is 52.9 Å². The first-order valence-electron chi connectivity index (χ1n) is 28.4. The van der Waals surface area contributed by atoms with Crippen LogP contribution >= 0.6 is 0 Å². The summed E-state index contributed by atoms with van der Waals surface area (Å²) < 4.78 is 50.9. The van der Waals surface area contributed by atoms with E-state index < -0.39 is 34.2 Å². The molecule has 3 aromatic heterocycles. The molecule has 12 nitrogen and oxygen atoms in total. The zero-order chi connectivity index (χ0) is 56.7. The van der Waals surface area contributed by atoms with Gasteiger partial charge in [-0.25, -0.2) is 9.97 Å². The Hall–Kier alpha value is -5.97. The van der Waals surface area contributed by atoms with Crippen molar-refractivity contribution in [3.05, 3.63) is 144 Å². The number of H-pyrrole nitrogens is 2. The van der Waals surface area contributed by atoms with E-state index in [1.165, 1.54) is 0 Å². The second kappa shape index (κ2) is 25.4. The Morgan fingerprint density at radius 1 is 0.275 bits per heavy atom. The van der Waals surface area contributed by atoms with Crippen molar-refractivity contribution in [1.29, 1.82) is 0 Å². The van der Waals surface area contributed by atoms with Gasteiger partial charge in [0.25, 0.3) is 0 Å². The van der Waals surface area contributed by atoms with Gasteiger partial charge in [-0.05, 0) is 173 Å². The molecule has 9 rings (SSSR count). The number of nitrogens with zero attached hydrogens (tertiary/aromatic N) is 2. The summed E-state index contributed by atoms with van der Waals surface area (Å²) in [6.45, 7) is 29.2. The van der Waals surface area contributed by atoms with Crippen LogP contribution in [0.2, 0.25) is 26.2 Å². The number of aromatic amines is 2. The minimum absolute atomic E-state index is 0.566. The molecule has 0 unspecified atom stereocenters. The van der Waals surface area contributed by atoms with E-state index in [0.29, 0.717) is 52.9 Å². The number of benzene rings is 4. The van der Waals surface area contributed by atoms with Crippen molar-refractivity contribution < 1.29 is 35.4 Å². The Morgan fingerprint density at radius 2 is 0.450 bits per heavy atom. The van der Waals surface area contributed by atoms with Gasteiger partial charge >= 0.3 is 34.2 Å². The first-order valence-corrected chi connectivity index (χ1v) is 37.7. The average Bonchev–Trinajstić information content (AvgIpc) is 4.42. The van der Waals surface area contributed by atoms with Crippen LogP contribution in [-0.2, 0) is 35.4 Å². The molecule has 0 amide bonds.